The molecule has 0 aromatic carbocycles. The Morgan fingerprint density at radius 3 is 2.67 bits per heavy atom. The summed E-state index contributed by atoms with van der Waals surface area (Å²) in [6, 6.07) is 1.82. The molecule has 0 aliphatic carbocycles. The van der Waals surface area contributed by atoms with Crippen LogP contribution in [0, 0.1) is 6.92 Å². The van der Waals surface area contributed by atoms with Crippen molar-refractivity contribution in [1.82, 2.24) is 14.1 Å². The van der Waals surface area contributed by atoms with Crippen LogP contribution in [0.3, 0.4) is 0 Å². The molecule has 0 saturated carbocycles. The zero-order valence-corrected chi connectivity index (χ0v) is 9.00. The van der Waals surface area contributed by atoms with Gasteiger partial charge in [0.1, 0.15) is 5.52 Å². The highest BCUT2D eigenvalue weighted by Crippen LogP contribution is 2.08. The largest absolute Gasteiger partial charge is 0.353 e. The van der Waals surface area contributed by atoms with Gasteiger partial charge in [-0.2, -0.15) is 0 Å². The van der Waals surface area contributed by atoms with Crippen molar-refractivity contribution >= 4 is 11.0 Å². The van der Waals surface area contributed by atoms with E-state index >= 15 is 0 Å². The number of hydrogen-bond donors (Lipinski definition) is 1. The quantitative estimate of drug-likeness (QED) is 0.733. The van der Waals surface area contributed by atoms with Gasteiger partial charge in [-0.05, 0) is 19.9 Å². The van der Waals surface area contributed by atoms with Crippen LogP contribution < -0.4 is 11.2 Å². The summed E-state index contributed by atoms with van der Waals surface area (Å²) in [6.07, 6.45) is 0. The molecule has 0 bridgehead atoms. The smallest absolute Gasteiger partial charge is 0.331 e. The SMILES string of the molecule is CCn1c(=O)n(C)c(=O)c2[nH]c(C)cc21. The summed E-state index contributed by atoms with van der Waals surface area (Å²) in [6.45, 7) is 4.30. The highest BCUT2D eigenvalue weighted by atomic mass is 16.2. The van der Waals surface area contributed by atoms with Gasteiger partial charge in [0.15, 0.2) is 0 Å². The van der Waals surface area contributed by atoms with Crippen molar-refractivity contribution in [3.8, 4) is 0 Å². The number of nitrogens with one attached hydrogen (secondary N) is 1. The molecule has 2 aromatic heterocycles. The molecular formula is C10H13N3O2. The third-order valence-corrected chi connectivity index (χ3v) is 2.57. The van der Waals surface area contributed by atoms with Crippen molar-refractivity contribution in [1.29, 1.82) is 0 Å². The van der Waals surface area contributed by atoms with Crippen LogP contribution in [0.4, 0.5) is 0 Å². The summed E-state index contributed by atoms with van der Waals surface area (Å²) in [7, 11) is 1.49. The number of aromatic nitrogens is 3. The van der Waals surface area contributed by atoms with Crippen LogP contribution in [-0.2, 0) is 13.6 Å². The molecule has 0 spiro atoms. The number of aromatic amines is 1. The first-order valence-electron chi connectivity index (χ1n) is 4.85. The minimum atomic E-state index is -0.271. The zero-order valence-electron chi connectivity index (χ0n) is 9.00. The predicted octanol–water partition coefficient (Wildman–Crippen LogP) is 0.357. The molecule has 0 atom stereocenters. The zero-order chi connectivity index (χ0) is 11.2. The molecule has 5 heteroatoms. The summed E-state index contributed by atoms with van der Waals surface area (Å²) >= 11 is 0. The van der Waals surface area contributed by atoms with Crippen molar-refractivity contribution in [3.63, 3.8) is 0 Å². The number of fused-ring (bicyclic) bond motifs is 1. The lowest BCUT2D eigenvalue weighted by atomic mass is 10.4. The van der Waals surface area contributed by atoms with Crippen LogP contribution in [0.5, 0.6) is 0 Å². The van der Waals surface area contributed by atoms with Crippen molar-refractivity contribution in [2.24, 2.45) is 7.05 Å². The van der Waals surface area contributed by atoms with Gasteiger partial charge in [-0.15, -0.1) is 0 Å². The third kappa shape index (κ3) is 1.23. The molecule has 80 valence electrons. The Morgan fingerprint density at radius 1 is 1.40 bits per heavy atom. The lowest BCUT2D eigenvalue weighted by Crippen LogP contribution is -2.37. The van der Waals surface area contributed by atoms with E-state index in [1.54, 1.807) is 4.57 Å². The van der Waals surface area contributed by atoms with Crippen LogP contribution >= 0.6 is 0 Å². The molecule has 0 unspecified atom stereocenters. The Kier molecular flexibility index (Phi) is 2.03. The van der Waals surface area contributed by atoms with Gasteiger partial charge in [-0.3, -0.25) is 13.9 Å². The Balaban J connectivity index is 3.11. The van der Waals surface area contributed by atoms with Gasteiger partial charge in [0.05, 0.1) is 5.52 Å². The lowest BCUT2D eigenvalue weighted by molar-refractivity contribution is 0.657. The molecule has 2 rings (SSSR count). The first-order chi connectivity index (χ1) is 7.06. The number of aryl methyl sites for hydroxylation is 2. The molecular weight excluding hydrogens is 194 g/mol. The van der Waals surface area contributed by atoms with Gasteiger partial charge in [-0.1, -0.05) is 0 Å². The summed E-state index contributed by atoms with van der Waals surface area (Å²) in [5.41, 5.74) is 1.52. The maximum absolute atomic E-state index is 11.8. The van der Waals surface area contributed by atoms with Crippen LogP contribution in [0.15, 0.2) is 15.7 Å². The topological polar surface area (TPSA) is 59.8 Å². The summed E-state index contributed by atoms with van der Waals surface area (Å²) in [5.74, 6) is 0. The van der Waals surface area contributed by atoms with Gasteiger partial charge in [-0.25, -0.2) is 4.79 Å². The van der Waals surface area contributed by atoms with Gasteiger partial charge >= 0.3 is 5.69 Å². The van der Waals surface area contributed by atoms with E-state index in [4.69, 9.17) is 0 Å². The van der Waals surface area contributed by atoms with E-state index in [-0.39, 0.29) is 11.2 Å². The number of nitrogens with zero attached hydrogens (tertiary/aromatic N) is 2. The van der Waals surface area contributed by atoms with E-state index in [1.807, 2.05) is 19.9 Å². The van der Waals surface area contributed by atoms with E-state index in [1.165, 1.54) is 7.05 Å². The van der Waals surface area contributed by atoms with Gasteiger partial charge in [0.2, 0.25) is 0 Å². The van der Waals surface area contributed by atoms with E-state index < -0.39 is 0 Å². The van der Waals surface area contributed by atoms with Crippen molar-refractivity contribution in [2.75, 3.05) is 0 Å². The summed E-state index contributed by atoms with van der Waals surface area (Å²) in [5, 5.41) is 0. The fourth-order valence-electron chi connectivity index (χ4n) is 1.79. The second-order valence-corrected chi connectivity index (χ2v) is 3.60. The Hall–Kier alpha value is -1.78. The van der Waals surface area contributed by atoms with Gasteiger partial charge in [0.25, 0.3) is 5.56 Å². The monoisotopic (exact) mass is 207 g/mol. The maximum atomic E-state index is 11.8. The Labute approximate surface area is 86.0 Å². The minimum absolute atomic E-state index is 0.269. The molecule has 15 heavy (non-hydrogen) atoms. The summed E-state index contributed by atoms with van der Waals surface area (Å²) < 4.78 is 2.71. The fourth-order valence-corrected chi connectivity index (χ4v) is 1.79. The van der Waals surface area contributed by atoms with E-state index in [9.17, 15) is 9.59 Å². The molecule has 0 aliphatic heterocycles. The van der Waals surface area contributed by atoms with Crippen LogP contribution in [0.1, 0.15) is 12.6 Å². The van der Waals surface area contributed by atoms with Crippen molar-refractivity contribution < 1.29 is 0 Å². The van der Waals surface area contributed by atoms with Crippen LogP contribution in [-0.4, -0.2) is 14.1 Å². The first-order valence-corrected chi connectivity index (χ1v) is 4.85. The molecule has 0 amide bonds. The molecule has 2 heterocycles. The Morgan fingerprint density at radius 2 is 2.07 bits per heavy atom. The maximum Gasteiger partial charge on any atom is 0.331 e. The van der Waals surface area contributed by atoms with E-state index in [0.29, 0.717) is 17.6 Å². The second kappa shape index (κ2) is 3.12. The standard InChI is InChI=1S/C10H13N3O2/c1-4-13-7-5-6(2)11-8(7)9(14)12(3)10(13)15/h5,11H,4H2,1-3H3. The molecule has 5 nitrogen and oxygen atoms in total. The van der Waals surface area contributed by atoms with Gasteiger partial charge < -0.3 is 4.98 Å². The van der Waals surface area contributed by atoms with Crippen LogP contribution in [0.25, 0.3) is 11.0 Å². The Bertz CT molecular complexity index is 630. The normalized spacial score (nSPS) is 11.1. The summed E-state index contributed by atoms with van der Waals surface area (Å²) in [4.78, 5) is 26.5. The molecule has 0 radical (unpaired) electrons. The number of H-pyrrole nitrogens is 1. The molecule has 0 aliphatic rings. The van der Waals surface area contributed by atoms with Crippen molar-refractivity contribution in [2.45, 2.75) is 20.4 Å². The van der Waals surface area contributed by atoms with E-state index in [2.05, 4.69) is 4.98 Å². The highest BCUT2D eigenvalue weighted by Gasteiger charge is 2.11. The molecule has 2 aromatic rings. The predicted molar refractivity (Wildman–Crippen MR) is 58.2 cm³/mol. The fraction of sp³-hybridized carbons (Fsp3) is 0.400. The molecule has 1 N–H and O–H groups in total. The first kappa shape index (κ1) is 9.76. The van der Waals surface area contributed by atoms with E-state index in [0.717, 1.165) is 10.3 Å². The highest BCUT2D eigenvalue weighted by molar-refractivity contribution is 5.75. The van der Waals surface area contributed by atoms with Gasteiger partial charge in [0, 0.05) is 19.3 Å². The van der Waals surface area contributed by atoms with Crippen molar-refractivity contribution in [3.05, 3.63) is 32.6 Å². The average Bonchev–Trinajstić information content (AvgIpc) is 2.58. The lowest BCUT2D eigenvalue weighted by Gasteiger charge is -2.05. The third-order valence-electron chi connectivity index (χ3n) is 2.57. The molecule has 0 saturated heterocycles. The average molecular weight is 207 g/mol. The van der Waals surface area contributed by atoms with Crippen LogP contribution in [0.2, 0.25) is 0 Å². The number of rotatable bonds is 1. The second-order valence-electron chi connectivity index (χ2n) is 3.60. The number of hydrogen-bond acceptors (Lipinski definition) is 2. The minimum Gasteiger partial charge on any atom is -0.353 e. The molecule has 0 fully saturated rings.